The van der Waals surface area contributed by atoms with Crippen LogP contribution in [0.3, 0.4) is 0 Å². The van der Waals surface area contributed by atoms with Crippen LogP contribution in [0.15, 0.2) is 24.3 Å². The third-order valence-electron chi connectivity index (χ3n) is 4.54. The molecule has 0 aromatic heterocycles. The zero-order chi connectivity index (χ0) is 14.4. The Kier molecular flexibility index (Phi) is 6.06. The first-order chi connectivity index (χ1) is 9.69. The smallest absolute Gasteiger partial charge is 0.0233 e. The van der Waals surface area contributed by atoms with E-state index in [-0.39, 0.29) is 0 Å². The molecule has 0 radical (unpaired) electrons. The molecule has 1 aromatic rings. The molecule has 2 heteroatoms. The molecule has 1 heterocycles. The zero-order valence-electron chi connectivity index (χ0n) is 13.4. The van der Waals surface area contributed by atoms with E-state index in [1.165, 1.54) is 43.5 Å². The predicted octanol–water partition coefficient (Wildman–Crippen LogP) is 3.60. The number of aryl methyl sites for hydroxylation is 1. The third kappa shape index (κ3) is 4.60. The standard InChI is InChI=1S/C18H30N2/c1-4-10-19-16(3)18-8-11-20(12-9-18)14-17-7-5-6-15(2)13-17/h5-7,13,16,18-19H,4,8-12,14H2,1-3H3. The fraction of sp³-hybridized carbons (Fsp3) is 0.667. The van der Waals surface area contributed by atoms with Gasteiger partial charge in [0.2, 0.25) is 0 Å². The van der Waals surface area contributed by atoms with Crippen molar-refractivity contribution in [3.8, 4) is 0 Å². The molecule has 0 aliphatic carbocycles. The largest absolute Gasteiger partial charge is 0.314 e. The Morgan fingerprint density at radius 2 is 2.05 bits per heavy atom. The van der Waals surface area contributed by atoms with E-state index < -0.39 is 0 Å². The van der Waals surface area contributed by atoms with Crippen LogP contribution in [-0.2, 0) is 6.54 Å². The summed E-state index contributed by atoms with van der Waals surface area (Å²) in [7, 11) is 0. The predicted molar refractivity (Wildman–Crippen MR) is 86.9 cm³/mol. The van der Waals surface area contributed by atoms with E-state index in [2.05, 4.69) is 55.3 Å². The van der Waals surface area contributed by atoms with Crippen LogP contribution in [0.1, 0.15) is 44.2 Å². The molecular weight excluding hydrogens is 244 g/mol. The monoisotopic (exact) mass is 274 g/mol. The number of hydrogen-bond acceptors (Lipinski definition) is 2. The van der Waals surface area contributed by atoms with Gasteiger partial charge in [0.25, 0.3) is 0 Å². The molecule has 0 amide bonds. The normalized spacial score (nSPS) is 19.1. The van der Waals surface area contributed by atoms with Crippen LogP contribution < -0.4 is 5.32 Å². The van der Waals surface area contributed by atoms with Crippen LogP contribution in [0.4, 0.5) is 0 Å². The van der Waals surface area contributed by atoms with E-state index in [1.807, 2.05) is 0 Å². The van der Waals surface area contributed by atoms with Gasteiger partial charge in [0.05, 0.1) is 0 Å². The van der Waals surface area contributed by atoms with Gasteiger partial charge in [0.1, 0.15) is 0 Å². The summed E-state index contributed by atoms with van der Waals surface area (Å²) in [6.07, 6.45) is 3.91. The maximum absolute atomic E-state index is 3.66. The number of piperidine rings is 1. The lowest BCUT2D eigenvalue weighted by atomic mass is 9.90. The van der Waals surface area contributed by atoms with E-state index in [4.69, 9.17) is 0 Å². The molecule has 1 saturated heterocycles. The number of likely N-dealkylation sites (tertiary alicyclic amines) is 1. The van der Waals surface area contributed by atoms with Crippen LogP contribution >= 0.6 is 0 Å². The van der Waals surface area contributed by atoms with Gasteiger partial charge in [-0.15, -0.1) is 0 Å². The van der Waals surface area contributed by atoms with Crippen molar-refractivity contribution in [2.45, 2.75) is 52.6 Å². The minimum atomic E-state index is 0.677. The summed E-state index contributed by atoms with van der Waals surface area (Å²) in [4.78, 5) is 2.61. The van der Waals surface area contributed by atoms with Gasteiger partial charge in [-0.2, -0.15) is 0 Å². The third-order valence-corrected chi connectivity index (χ3v) is 4.54. The Balaban J connectivity index is 1.76. The summed E-state index contributed by atoms with van der Waals surface area (Å²) in [5, 5.41) is 3.66. The van der Waals surface area contributed by atoms with E-state index >= 15 is 0 Å². The van der Waals surface area contributed by atoms with Crippen LogP contribution in [0.25, 0.3) is 0 Å². The molecule has 1 aliphatic heterocycles. The van der Waals surface area contributed by atoms with Crippen molar-refractivity contribution in [2.24, 2.45) is 5.92 Å². The Morgan fingerprint density at radius 3 is 2.70 bits per heavy atom. The van der Waals surface area contributed by atoms with Crippen LogP contribution in [0.2, 0.25) is 0 Å². The Morgan fingerprint density at radius 1 is 1.30 bits per heavy atom. The molecule has 2 nitrogen and oxygen atoms in total. The lowest BCUT2D eigenvalue weighted by Crippen LogP contribution is -2.41. The molecule has 0 spiro atoms. The van der Waals surface area contributed by atoms with Crippen molar-refractivity contribution in [1.29, 1.82) is 0 Å². The molecule has 0 bridgehead atoms. The SMILES string of the molecule is CCCNC(C)C1CCN(Cc2cccc(C)c2)CC1. The molecule has 112 valence electrons. The van der Waals surface area contributed by atoms with Crippen LogP contribution in [0.5, 0.6) is 0 Å². The lowest BCUT2D eigenvalue weighted by molar-refractivity contribution is 0.156. The van der Waals surface area contributed by atoms with Gasteiger partial charge in [-0.3, -0.25) is 4.90 Å². The summed E-state index contributed by atoms with van der Waals surface area (Å²) in [5.74, 6) is 0.857. The van der Waals surface area contributed by atoms with E-state index in [1.54, 1.807) is 0 Å². The Bertz CT molecular complexity index is 394. The van der Waals surface area contributed by atoms with Gasteiger partial charge >= 0.3 is 0 Å². The number of nitrogens with zero attached hydrogens (tertiary/aromatic N) is 1. The van der Waals surface area contributed by atoms with Gasteiger partial charge in [-0.1, -0.05) is 36.8 Å². The molecule has 20 heavy (non-hydrogen) atoms. The van der Waals surface area contributed by atoms with Crippen LogP contribution in [0, 0.1) is 12.8 Å². The van der Waals surface area contributed by atoms with Crippen molar-refractivity contribution in [1.82, 2.24) is 10.2 Å². The molecule has 1 atom stereocenters. The second-order valence-electron chi connectivity index (χ2n) is 6.35. The molecule has 1 unspecified atom stereocenters. The summed E-state index contributed by atoms with van der Waals surface area (Å²) in [6.45, 7) is 11.5. The fourth-order valence-electron chi connectivity index (χ4n) is 3.22. The molecule has 1 fully saturated rings. The fourth-order valence-corrected chi connectivity index (χ4v) is 3.22. The first kappa shape index (κ1) is 15.5. The molecular formula is C18H30N2. The lowest BCUT2D eigenvalue weighted by Gasteiger charge is -2.35. The van der Waals surface area contributed by atoms with Gasteiger partial charge < -0.3 is 5.32 Å². The maximum atomic E-state index is 3.66. The van der Waals surface area contributed by atoms with Gasteiger partial charge in [0.15, 0.2) is 0 Å². The minimum absolute atomic E-state index is 0.677. The number of benzene rings is 1. The van der Waals surface area contributed by atoms with Crippen molar-refractivity contribution in [2.75, 3.05) is 19.6 Å². The highest BCUT2D eigenvalue weighted by atomic mass is 15.1. The molecule has 0 saturated carbocycles. The average molecular weight is 274 g/mol. The topological polar surface area (TPSA) is 15.3 Å². The highest BCUT2D eigenvalue weighted by molar-refractivity contribution is 5.22. The quantitative estimate of drug-likeness (QED) is 0.853. The number of nitrogens with one attached hydrogen (secondary N) is 1. The van der Waals surface area contributed by atoms with Crippen molar-refractivity contribution >= 4 is 0 Å². The average Bonchev–Trinajstić information content (AvgIpc) is 2.45. The summed E-state index contributed by atoms with van der Waals surface area (Å²) in [5.41, 5.74) is 2.83. The summed E-state index contributed by atoms with van der Waals surface area (Å²) >= 11 is 0. The molecule has 1 N–H and O–H groups in total. The molecule has 1 aromatic carbocycles. The van der Waals surface area contributed by atoms with E-state index in [0.29, 0.717) is 6.04 Å². The first-order valence-corrected chi connectivity index (χ1v) is 8.20. The van der Waals surface area contributed by atoms with Crippen LogP contribution in [-0.4, -0.2) is 30.6 Å². The minimum Gasteiger partial charge on any atom is -0.314 e. The van der Waals surface area contributed by atoms with Gasteiger partial charge in [-0.05, 0) is 64.2 Å². The van der Waals surface area contributed by atoms with E-state index in [0.717, 1.165) is 19.0 Å². The second-order valence-corrected chi connectivity index (χ2v) is 6.35. The zero-order valence-corrected chi connectivity index (χ0v) is 13.4. The highest BCUT2D eigenvalue weighted by Gasteiger charge is 2.23. The number of hydrogen-bond donors (Lipinski definition) is 1. The number of rotatable bonds is 6. The second kappa shape index (κ2) is 7.80. The summed E-state index contributed by atoms with van der Waals surface area (Å²) in [6, 6.07) is 9.60. The Labute approximate surface area is 124 Å². The Hall–Kier alpha value is -0.860. The van der Waals surface area contributed by atoms with Crippen molar-refractivity contribution < 1.29 is 0 Å². The molecule has 1 aliphatic rings. The molecule has 2 rings (SSSR count). The van der Waals surface area contributed by atoms with Crippen molar-refractivity contribution in [3.63, 3.8) is 0 Å². The van der Waals surface area contributed by atoms with Crippen molar-refractivity contribution in [3.05, 3.63) is 35.4 Å². The van der Waals surface area contributed by atoms with Gasteiger partial charge in [0, 0.05) is 12.6 Å². The maximum Gasteiger partial charge on any atom is 0.0233 e. The van der Waals surface area contributed by atoms with Gasteiger partial charge in [-0.25, -0.2) is 0 Å². The van der Waals surface area contributed by atoms with E-state index in [9.17, 15) is 0 Å². The highest BCUT2D eigenvalue weighted by Crippen LogP contribution is 2.22. The summed E-state index contributed by atoms with van der Waals surface area (Å²) < 4.78 is 0. The first-order valence-electron chi connectivity index (χ1n) is 8.20.